The van der Waals surface area contributed by atoms with Crippen LogP contribution in [0.5, 0.6) is 5.88 Å². The van der Waals surface area contributed by atoms with Crippen LogP contribution in [0.25, 0.3) is 11.1 Å². The topological polar surface area (TPSA) is 48.4 Å². The molecule has 2 aromatic rings. The fourth-order valence-electron chi connectivity index (χ4n) is 1.92. The molecule has 22 heavy (non-hydrogen) atoms. The van der Waals surface area contributed by atoms with Crippen molar-refractivity contribution >= 4 is 5.97 Å². The number of carbonyl (C=O) groups is 1. The molecule has 0 aliphatic carbocycles. The zero-order valence-corrected chi connectivity index (χ0v) is 11.8. The number of aromatic nitrogens is 1. The third kappa shape index (κ3) is 3.19. The third-order valence-electron chi connectivity index (χ3n) is 2.99. The molecule has 7 heteroatoms. The molecule has 0 aliphatic heterocycles. The maximum Gasteiger partial charge on any atom is 0.416 e. The highest BCUT2D eigenvalue weighted by Crippen LogP contribution is 2.33. The minimum atomic E-state index is -4.47. The number of methoxy groups -OCH3 is 2. The lowest BCUT2D eigenvalue weighted by atomic mass is 10.00. The van der Waals surface area contributed by atoms with E-state index < -0.39 is 17.7 Å². The molecule has 0 N–H and O–H groups in total. The van der Waals surface area contributed by atoms with Gasteiger partial charge < -0.3 is 9.47 Å². The average molecular weight is 311 g/mol. The molecule has 1 aromatic carbocycles. The number of hydrogen-bond donors (Lipinski definition) is 0. The summed E-state index contributed by atoms with van der Waals surface area (Å²) in [5.74, 6) is -0.524. The molecule has 0 unspecified atom stereocenters. The van der Waals surface area contributed by atoms with Gasteiger partial charge in [0.25, 0.3) is 0 Å². The highest BCUT2D eigenvalue weighted by atomic mass is 19.4. The van der Waals surface area contributed by atoms with Crippen LogP contribution in [0.3, 0.4) is 0 Å². The molecule has 0 bridgehead atoms. The summed E-state index contributed by atoms with van der Waals surface area (Å²) in [6.45, 7) is 0. The predicted molar refractivity (Wildman–Crippen MR) is 72.6 cm³/mol. The van der Waals surface area contributed by atoms with Crippen molar-refractivity contribution in [1.82, 2.24) is 4.98 Å². The first-order valence-electron chi connectivity index (χ1n) is 6.17. The fraction of sp³-hybridized carbons (Fsp3) is 0.200. The molecule has 0 fully saturated rings. The molecular formula is C15H12F3NO3. The predicted octanol–water partition coefficient (Wildman–Crippen LogP) is 3.56. The Labute approximate surface area is 124 Å². The second kappa shape index (κ2) is 6.05. The van der Waals surface area contributed by atoms with Crippen molar-refractivity contribution < 1.29 is 27.4 Å². The number of rotatable bonds is 3. The van der Waals surface area contributed by atoms with Crippen LogP contribution >= 0.6 is 0 Å². The Morgan fingerprint density at radius 2 is 1.91 bits per heavy atom. The van der Waals surface area contributed by atoms with E-state index in [1.54, 1.807) is 0 Å². The Morgan fingerprint density at radius 1 is 1.18 bits per heavy atom. The van der Waals surface area contributed by atoms with Gasteiger partial charge in [-0.05, 0) is 17.7 Å². The van der Waals surface area contributed by atoms with Gasteiger partial charge in [-0.15, -0.1) is 0 Å². The lowest BCUT2D eigenvalue weighted by Crippen LogP contribution is -2.07. The van der Waals surface area contributed by atoms with Crippen LogP contribution in [-0.4, -0.2) is 25.2 Å². The molecule has 0 spiro atoms. The molecule has 1 heterocycles. The van der Waals surface area contributed by atoms with Gasteiger partial charge in [-0.25, -0.2) is 9.78 Å². The fourth-order valence-corrected chi connectivity index (χ4v) is 1.92. The minimum Gasteiger partial charge on any atom is -0.481 e. The first kappa shape index (κ1) is 15.8. The summed E-state index contributed by atoms with van der Waals surface area (Å²) < 4.78 is 48.0. The second-order valence-electron chi connectivity index (χ2n) is 4.34. The molecule has 0 saturated carbocycles. The van der Waals surface area contributed by atoms with Crippen LogP contribution in [0.1, 0.15) is 15.9 Å². The van der Waals surface area contributed by atoms with Crippen LogP contribution < -0.4 is 4.74 Å². The van der Waals surface area contributed by atoms with Crippen LogP contribution in [0.15, 0.2) is 36.5 Å². The normalized spacial score (nSPS) is 11.1. The SMILES string of the molecule is COC(=O)c1cc(OC)ncc1-c1cccc(C(F)(F)F)c1. The largest absolute Gasteiger partial charge is 0.481 e. The lowest BCUT2D eigenvalue weighted by Gasteiger charge is -2.12. The molecule has 116 valence electrons. The van der Waals surface area contributed by atoms with E-state index in [2.05, 4.69) is 9.72 Å². The Hall–Kier alpha value is -2.57. The number of carbonyl (C=O) groups excluding carboxylic acids is 1. The van der Waals surface area contributed by atoms with E-state index in [1.165, 1.54) is 38.6 Å². The molecule has 0 amide bonds. The zero-order chi connectivity index (χ0) is 16.3. The first-order valence-corrected chi connectivity index (χ1v) is 6.17. The van der Waals surface area contributed by atoms with E-state index in [-0.39, 0.29) is 22.6 Å². The summed E-state index contributed by atoms with van der Waals surface area (Å²) >= 11 is 0. The first-order chi connectivity index (χ1) is 10.4. The van der Waals surface area contributed by atoms with Gasteiger partial charge in [-0.2, -0.15) is 13.2 Å². The summed E-state index contributed by atoms with van der Waals surface area (Å²) in [7, 11) is 2.55. The van der Waals surface area contributed by atoms with Crippen molar-refractivity contribution in [3.05, 3.63) is 47.7 Å². The molecule has 0 saturated heterocycles. The number of nitrogens with zero attached hydrogens (tertiary/aromatic N) is 1. The van der Waals surface area contributed by atoms with Crippen molar-refractivity contribution in [2.24, 2.45) is 0 Å². The number of ether oxygens (including phenoxy) is 2. The van der Waals surface area contributed by atoms with Gasteiger partial charge in [0.15, 0.2) is 0 Å². The van der Waals surface area contributed by atoms with Gasteiger partial charge in [-0.3, -0.25) is 0 Å². The van der Waals surface area contributed by atoms with E-state index >= 15 is 0 Å². The Bertz CT molecular complexity index is 699. The van der Waals surface area contributed by atoms with Gasteiger partial charge >= 0.3 is 12.1 Å². The molecule has 0 atom stereocenters. The lowest BCUT2D eigenvalue weighted by molar-refractivity contribution is -0.137. The van der Waals surface area contributed by atoms with Crippen molar-refractivity contribution in [1.29, 1.82) is 0 Å². The van der Waals surface area contributed by atoms with E-state index in [0.717, 1.165) is 12.1 Å². The third-order valence-corrected chi connectivity index (χ3v) is 2.99. The van der Waals surface area contributed by atoms with Crippen molar-refractivity contribution in [2.75, 3.05) is 14.2 Å². The monoisotopic (exact) mass is 311 g/mol. The van der Waals surface area contributed by atoms with E-state index in [9.17, 15) is 18.0 Å². The number of esters is 1. The summed E-state index contributed by atoms with van der Waals surface area (Å²) in [5, 5.41) is 0. The highest BCUT2D eigenvalue weighted by molar-refractivity contribution is 5.97. The van der Waals surface area contributed by atoms with Crippen LogP contribution in [-0.2, 0) is 10.9 Å². The number of hydrogen-bond acceptors (Lipinski definition) is 4. The van der Waals surface area contributed by atoms with Gasteiger partial charge in [0, 0.05) is 17.8 Å². The van der Waals surface area contributed by atoms with Crippen molar-refractivity contribution in [3.8, 4) is 17.0 Å². The standard InChI is InChI=1S/C15H12F3NO3/c1-21-13-7-11(14(20)22-2)12(8-19-13)9-4-3-5-10(6-9)15(16,17)18/h3-8H,1-2H3. The average Bonchev–Trinajstić information content (AvgIpc) is 2.52. The number of pyridine rings is 1. The maximum absolute atomic E-state index is 12.8. The van der Waals surface area contributed by atoms with Crippen molar-refractivity contribution in [3.63, 3.8) is 0 Å². The number of alkyl halides is 3. The summed E-state index contributed by atoms with van der Waals surface area (Å²) in [4.78, 5) is 15.8. The molecule has 0 aliphatic rings. The van der Waals surface area contributed by atoms with Crippen molar-refractivity contribution in [2.45, 2.75) is 6.18 Å². The quantitative estimate of drug-likeness (QED) is 0.813. The van der Waals surface area contributed by atoms with Crippen LogP contribution in [0, 0.1) is 0 Å². The highest BCUT2D eigenvalue weighted by Gasteiger charge is 2.30. The van der Waals surface area contributed by atoms with E-state index in [1.807, 2.05) is 0 Å². The Kier molecular flexibility index (Phi) is 4.35. The molecule has 0 radical (unpaired) electrons. The zero-order valence-electron chi connectivity index (χ0n) is 11.8. The molecular weight excluding hydrogens is 299 g/mol. The molecule has 1 aromatic heterocycles. The Morgan fingerprint density at radius 3 is 2.50 bits per heavy atom. The summed E-state index contributed by atoms with van der Waals surface area (Å²) in [6, 6.07) is 5.96. The van der Waals surface area contributed by atoms with Gasteiger partial charge in [-0.1, -0.05) is 12.1 Å². The number of halogens is 3. The van der Waals surface area contributed by atoms with Gasteiger partial charge in [0.1, 0.15) is 0 Å². The number of benzene rings is 1. The van der Waals surface area contributed by atoms with Crippen LogP contribution in [0.4, 0.5) is 13.2 Å². The van der Waals surface area contributed by atoms with E-state index in [0.29, 0.717) is 0 Å². The smallest absolute Gasteiger partial charge is 0.416 e. The van der Waals surface area contributed by atoms with Gasteiger partial charge in [0.05, 0.1) is 25.3 Å². The molecule has 2 rings (SSSR count). The molecule has 4 nitrogen and oxygen atoms in total. The maximum atomic E-state index is 12.8. The van der Waals surface area contributed by atoms with Crippen LogP contribution in [0.2, 0.25) is 0 Å². The van der Waals surface area contributed by atoms with Gasteiger partial charge in [0.2, 0.25) is 5.88 Å². The minimum absolute atomic E-state index is 0.0775. The van der Waals surface area contributed by atoms with E-state index in [4.69, 9.17) is 4.74 Å². The second-order valence-corrected chi connectivity index (χ2v) is 4.34. The summed E-state index contributed by atoms with van der Waals surface area (Å²) in [6.07, 6.45) is -3.19. The Balaban J connectivity index is 2.59. The summed E-state index contributed by atoms with van der Waals surface area (Å²) in [5.41, 5.74) is -0.283.